The van der Waals surface area contributed by atoms with E-state index in [9.17, 15) is 5.11 Å². The number of benzene rings is 2. The maximum Gasteiger partial charge on any atom is 0.203 e. The molecule has 132 valence electrons. The fraction of sp³-hybridized carbons (Fsp3) is 0.278. The number of methoxy groups -OCH3 is 3. The summed E-state index contributed by atoms with van der Waals surface area (Å²) in [4.78, 5) is 0. The Morgan fingerprint density at radius 2 is 1.60 bits per heavy atom. The summed E-state index contributed by atoms with van der Waals surface area (Å²) in [5, 5.41) is 15.7. The number of nitrogens with zero attached hydrogens (tertiary/aromatic N) is 1. The first-order valence-electron chi connectivity index (χ1n) is 7.66. The van der Waals surface area contributed by atoms with Crippen LogP contribution in [0, 0.1) is 0 Å². The summed E-state index contributed by atoms with van der Waals surface area (Å²) in [6, 6.07) is 10.4. The van der Waals surface area contributed by atoms with Gasteiger partial charge in [0.05, 0.1) is 27.0 Å². The lowest BCUT2D eigenvalue weighted by atomic mass is 9.96. The second-order valence-electron chi connectivity index (χ2n) is 5.51. The SMILES string of the molecule is COc1cc(C2=NNC(c3ccc(Cl)cc3)C2O)cc(OC)c1OC. The van der Waals surface area contributed by atoms with Gasteiger partial charge in [-0.05, 0) is 29.8 Å². The number of rotatable bonds is 5. The predicted molar refractivity (Wildman–Crippen MR) is 96.0 cm³/mol. The van der Waals surface area contributed by atoms with Crippen molar-refractivity contribution in [2.45, 2.75) is 12.1 Å². The van der Waals surface area contributed by atoms with Gasteiger partial charge < -0.3 is 19.3 Å². The van der Waals surface area contributed by atoms with E-state index in [1.807, 2.05) is 12.1 Å². The largest absolute Gasteiger partial charge is 0.493 e. The average Bonchev–Trinajstić information content (AvgIpc) is 3.02. The highest BCUT2D eigenvalue weighted by atomic mass is 35.5. The van der Waals surface area contributed by atoms with Crippen LogP contribution in [0.4, 0.5) is 0 Å². The minimum Gasteiger partial charge on any atom is -0.493 e. The van der Waals surface area contributed by atoms with E-state index < -0.39 is 6.10 Å². The van der Waals surface area contributed by atoms with Gasteiger partial charge in [-0.3, -0.25) is 5.43 Å². The van der Waals surface area contributed by atoms with E-state index in [0.29, 0.717) is 33.5 Å². The molecule has 2 N–H and O–H groups in total. The number of hydrogen-bond donors (Lipinski definition) is 2. The van der Waals surface area contributed by atoms with Crippen molar-refractivity contribution in [2.24, 2.45) is 5.10 Å². The first-order chi connectivity index (χ1) is 12.1. The maximum absolute atomic E-state index is 10.7. The molecule has 0 spiro atoms. The molecule has 1 heterocycles. The van der Waals surface area contributed by atoms with E-state index in [-0.39, 0.29) is 6.04 Å². The first-order valence-corrected chi connectivity index (χ1v) is 8.03. The van der Waals surface area contributed by atoms with Gasteiger partial charge in [-0.1, -0.05) is 23.7 Å². The second kappa shape index (κ2) is 7.21. The summed E-state index contributed by atoms with van der Waals surface area (Å²) in [5.41, 5.74) is 5.05. The lowest BCUT2D eigenvalue weighted by Crippen LogP contribution is -2.27. The minimum absolute atomic E-state index is 0.355. The number of aliphatic hydroxyl groups excluding tert-OH is 1. The van der Waals surface area contributed by atoms with Crippen molar-refractivity contribution in [3.05, 3.63) is 52.5 Å². The second-order valence-corrected chi connectivity index (χ2v) is 5.95. The average molecular weight is 363 g/mol. The summed E-state index contributed by atoms with van der Waals surface area (Å²) in [7, 11) is 4.63. The molecule has 25 heavy (non-hydrogen) atoms. The van der Waals surface area contributed by atoms with Crippen molar-refractivity contribution >= 4 is 17.3 Å². The van der Waals surface area contributed by atoms with Gasteiger partial charge >= 0.3 is 0 Å². The van der Waals surface area contributed by atoms with Crippen LogP contribution < -0.4 is 19.6 Å². The zero-order valence-corrected chi connectivity index (χ0v) is 14.9. The molecule has 7 heteroatoms. The van der Waals surface area contributed by atoms with Gasteiger partial charge in [-0.2, -0.15) is 5.10 Å². The quantitative estimate of drug-likeness (QED) is 0.855. The molecule has 0 bridgehead atoms. The number of ether oxygens (including phenoxy) is 3. The molecule has 3 rings (SSSR count). The van der Waals surface area contributed by atoms with Crippen molar-refractivity contribution in [3.63, 3.8) is 0 Å². The van der Waals surface area contributed by atoms with E-state index in [2.05, 4.69) is 10.5 Å². The molecule has 0 saturated heterocycles. The van der Waals surface area contributed by atoms with Crippen molar-refractivity contribution in [1.82, 2.24) is 5.43 Å². The summed E-state index contributed by atoms with van der Waals surface area (Å²) >= 11 is 5.92. The molecule has 0 fully saturated rings. The topological polar surface area (TPSA) is 72.3 Å². The Labute approximate surface area is 151 Å². The van der Waals surface area contributed by atoms with Crippen LogP contribution in [-0.4, -0.2) is 38.3 Å². The Bertz CT molecular complexity index is 767. The molecule has 0 aromatic heterocycles. The Kier molecular flexibility index (Phi) is 5.01. The zero-order chi connectivity index (χ0) is 18.0. The highest BCUT2D eigenvalue weighted by Gasteiger charge is 2.33. The van der Waals surface area contributed by atoms with Gasteiger partial charge in [0.2, 0.25) is 5.75 Å². The van der Waals surface area contributed by atoms with Crippen LogP contribution in [0.5, 0.6) is 17.2 Å². The molecule has 1 aliphatic rings. The van der Waals surface area contributed by atoms with Crippen molar-refractivity contribution in [3.8, 4) is 17.2 Å². The number of hydrazone groups is 1. The summed E-state index contributed by atoms with van der Waals surface area (Å²) in [6.07, 6.45) is -0.830. The summed E-state index contributed by atoms with van der Waals surface area (Å²) in [5.74, 6) is 1.49. The third-order valence-electron chi connectivity index (χ3n) is 4.11. The molecule has 2 aromatic carbocycles. The van der Waals surface area contributed by atoms with Crippen LogP contribution in [0.3, 0.4) is 0 Å². The molecule has 1 aliphatic heterocycles. The molecule has 6 nitrogen and oxygen atoms in total. The Morgan fingerprint density at radius 1 is 1.00 bits per heavy atom. The Morgan fingerprint density at radius 3 is 2.12 bits per heavy atom. The molecule has 0 aliphatic carbocycles. The van der Waals surface area contributed by atoms with Crippen LogP contribution in [0.2, 0.25) is 5.02 Å². The standard InChI is InChI=1S/C18H19ClN2O4/c1-23-13-8-11(9-14(24-2)18(13)25-3)16-17(22)15(20-21-16)10-4-6-12(19)7-5-10/h4-9,15,17,20,22H,1-3H3. The molecule has 2 aromatic rings. The minimum atomic E-state index is -0.830. The highest BCUT2D eigenvalue weighted by molar-refractivity contribution is 6.30. The van der Waals surface area contributed by atoms with Crippen molar-refractivity contribution in [2.75, 3.05) is 21.3 Å². The molecule has 0 radical (unpaired) electrons. The Hall–Kier alpha value is -2.44. The third kappa shape index (κ3) is 3.23. The number of halogens is 1. The fourth-order valence-corrected chi connectivity index (χ4v) is 2.95. The number of hydrogen-bond acceptors (Lipinski definition) is 6. The van der Waals surface area contributed by atoms with Gasteiger partial charge in [-0.25, -0.2) is 0 Å². The number of aliphatic hydroxyl groups is 1. The molecular weight excluding hydrogens is 344 g/mol. The maximum atomic E-state index is 10.7. The van der Waals surface area contributed by atoms with Gasteiger partial charge in [0, 0.05) is 10.6 Å². The van der Waals surface area contributed by atoms with Gasteiger partial charge in [0.15, 0.2) is 11.5 Å². The van der Waals surface area contributed by atoms with Crippen molar-refractivity contribution in [1.29, 1.82) is 0 Å². The van der Waals surface area contributed by atoms with Crippen LogP contribution in [-0.2, 0) is 0 Å². The smallest absolute Gasteiger partial charge is 0.203 e. The summed E-state index contributed by atoms with van der Waals surface area (Å²) in [6.45, 7) is 0. The lowest BCUT2D eigenvalue weighted by molar-refractivity contribution is 0.207. The van der Waals surface area contributed by atoms with E-state index in [1.54, 1.807) is 45.6 Å². The molecular formula is C18H19ClN2O4. The number of nitrogens with one attached hydrogen (secondary N) is 1. The molecule has 2 unspecified atom stereocenters. The van der Waals surface area contributed by atoms with Crippen LogP contribution in [0.1, 0.15) is 17.2 Å². The third-order valence-corrected chi connectivity index (χ3v) is 4.36. The fourth-order valence-electron chi connectivity index (χ4n) is 2.82. The first kappa shape index (κ1) is 17.4. The molecule has 2 atom stereocenters. The van der Waals surface area contributed by atoms with Crippen LogP contribution >= 0.6 is 11.6 Å². The van der Waals surface area contributed by atoms with E-state index in [0.717, 1.165) is 5.56 Å². The van der Waals surface area contributed by atoms with Gasteiger partial charge in [0.1, 0.15) is 12.1 Å². The van der Waals surface area contributed by atoms with Crippen LogP contribution in [0.15, 0.2) is 41.5 Å². The summed E-state index contributed by atoms with van der Waals surface area (Å²) < 4.78 is 16.0. The van der Waals surface area contributed by atoms with Crippen LogP contribution in [0.25, 0.3) is 0 Å². The van der Waals surface area contributed by atoms with Crippen molar-refractivity contribution < 1.29 is 19.3 Å². The predicted octanol–water partition coefficient (Wildman–Crippen LogP) is 2.78. The molecule has 0 amide bonds. The van der Waals surface area contributed by atoms with E-state index >= 15 is 0 Å². The van der Waals surface area contributed by atoms with E-state index in [1.165, 1.54) is 0 Å². The Balaban J connectivity index is 1.93. The van der Waals surface area contributed by atoms with Gasteiger partial charge in [0.25, 0.3) is 0 Å². The normalized spacial score (nSPS) is 19.2. The van der Waals surface area contributed by atoms with E-state index in [4.69, 9.17) is 25.8 Å². The lowest BCUT2D eigenvalue weighted by Gasteiger charge is -2.18. The molecule has 0 saturated carbocycles. The van der Waals surface area contributed by atoms with Gasteiger partial charge in [-0.15, -0.1) is 0 Å². The highest BCUT2D eigenvalue weighted by Crippen LogP contribution is 2.39. The monoisotopic (exact) mass is 362 g/mol. The zero-order valence-electron chi connectivity index (χ0n) is 14.1.